The van der Waals surface area contributed by atoms with Gasteiger partial charge in [0.25, 0.3) is 5.91 Å². The number of carboxylic acids is 1. The topological polar surface area (TPSA) is 66.8 Å². The predicted molar refractivity (Wildman–Crippen MR) is 84.7 cm³/mol. The summed E-state index contributed by atoms with van der Waals surface area (Å²) in [7, 11) is 0. The lowest BCUT2D eigenvalue weighted by atomic mass is 10.1. The Morgan fingerprint density at radius 2 is 1.92 bits per heavy atom. The average Bonchev–Trinajstić information content (AvgIpc) is 2.53. The number of rotatable bonds is 9. The lowest BCUT2D eigenvalue weighted by molar-refractivity contribution is -0.150. The fourth-order valence-corrected chi connectivity index (χ4v) is 2.05. The number of carboxylic acid groups (broad SMARTS) is 1. The molecule has 1 amide bonds. The molecule has 0 fully saturated rings. The molecule has 138 valence electrons. The largest absolute Gasteiger partial charge is 0.480 e. The standard InChI is InChI=1S/C17H20F3NO4/c1-3-4-9-25-12(2)16(24)21(11-15(22)23)10-13-5-7-14(8-6-13)17(18,19)20/h3,5-8,12H,1,4,9-11H2,2H3,(H,22,23). The van der Waals surface area contributed by atoms with Crippen LogP contribution in [0.15, 0.2) is 36.9 Å². The average molecular weight is 359 g/mol. The molecule has 8 heteroatoms. The van der Waals surface area contributed by atoms with Crippen molar-refractivity contribution in [2.24, 2.45) is 0 Å². The molecule has 1 N–H and O–H groups in total. The number of hydrogen-bond acceptors (Lipinski definition) is 3. The van der Waals surface area contributed by atoms with Gasteiger partial charge < -0.3 is 14.7 Å². The van der Waals surface area contributed by atoms with E-state index in [0.29, 0.717) is 12.0 Å². The second kappa shape index (κ2) is 9.22. The van der Waals surface area contributed by atoms with Gasteiger partial charge in [-0.25, -0.2) is 0 Å². The van der Waals surface area contributed by atoms with E-state index in [4.69, 9.17) is 9.84 Å². The van der Waals surface area contributed by atoms with Crippen molar-refractivity contribution >= 4 is 11.9 Å². The predicted octanol–water partition coefficient (Wildman–Crippen LogP) is 3.10. The van der Waals surface area contributed by atoms with Crippen LogP contribution in [0.5, 0.6) is 0 Å². The van der Waals surface area contributed by atoms with Gasteiger partial charge in [0.15, 0.2) is 0 Å². The number of carbonyl (C=O) groups excluding carboxylic acids is 1. The molecule has 0 saturated carbocycles. The number of carbonyl (C=O) groups is 2. The van der Waals surface area contributed by atoms with Crippen LogP contribution in [0.25, 0.3) is 0 Å². The molecule has 0 aromatic heterocycles. The Kier molecular flexibility index (Phi) is 7.63. The molecule has 0 heterocycles. The maximum atomic E-state index is 12.6. The molecule has 1 aromatic carbocycles. The molecular weight excluding hydrogens is 339 g/mol. The molecule has 5 nitrogen and oxygen atoms in total. The maximum Gasteiger partial charge on any atom is 0.416 e. The smallest absolute Gasteiger partial charge is 0.416 e. The van der Waals surface area contributed by atoms with Crippen LogP contribution in [-0.4, -0.2) is 41.1 Å². The summed E-state index contributed by atoms with van der Waals surface area (Å²) in [5, 5.41) is 8.96. The minimum atomic E-state index is -4.46. The molecule has 1 aromatic rings. The fourth-order valence-electron chi connectivity index (χ4n) is 2.05. The van der Waals surface area contributed by atoms with Crippen LogP contribution < -0.4 is 0 Å². The maximum absolute atomic E-state index is 12.6. The number of ether oxygens (including phenoxy) is 1. The van der Waals surface area contributed by atoms with Gasteiger partial charge in [0.05, 0.1) is 12.2 Å². The van der Waals surface area contributed by atoms with E-state index >= 15 is 0 Å². The highest BCUT2D eigenvalue weighted by Gasteiger charge is 2.30. The molecule has 25 heavy (non-hydrogen) atoms. The highest BCUT2D eigenvalue weighted by molar-refractivity contribution is 5.84. The first-order valence-electron chi connectivity index (χ1n) is 7.54. The zero-order valence-electron chi connectivity index (χ0n) is 13.8. The summed E-state index contributed by atoms with van der Waals surface area (Å²) in [6, 6.07) is 4.22. The summed E-state index contributed by atoms with van der Waals surface area (Å²) in [5.41, 5.74) is -0.422. The van der Waals surface area contributed by atoms with Crippen LogP contribution >= 0.6 is 0 Å². The molecule has 0 radical (unpaired) electrons. The van der Waals surface area contributed by atoms with E-state index < -0.39 is 36.3 Å². The second-order valence-corrected chi connectivity index (χ2v) is 5.37. The summed E-state index contributed by atoms with van der Waals surface area (Å²) < 4.78 is 43.0. The number of amides is 1. The van der Waals surface area contributed by atoms with Crippen LogP contribution in [0.2, 0.25) is 0 Å². The fraction of sp³-hybridized carbons (Fsp3) is 0.412. The lowest BCUT2D eigenvalue weighted by Crippen LogP contribution is -2.41. The van der Waals surface area contributed by atoms with Gasteiger partial charge in [0.2, 0.25) is 0 Å². The number of nitrogens with zero attached hydrogens (tertiary/aromatic N) is 1. The lowest BCUT2D eigenvalue weighted by Gasteiger charge is -2.24. The number of benzene rings is 1. The SMILES string of the molecule is C=CCCOC(C)C(=O)N(CC(=O)O)Cc1ccc(C(F)(F)F)cc1. The molecule has 1 rings (SSSR count). The van der Waals surface area contributed by atoms with Gasteiger partial charge in [-0.15, -0.1) is 6.58 Å². The first kappa shape index (κ1) is 20.7. The van der Waals surface area contributed by atoms with E-state index in [0.717, 1.165) is 17.0 Å². The number of hydrogen-bond donors (Lipinski definition) is 1. The molecule has 0 bridgehead atoms. The third kappa shape index (κ3) is 6.96. The number of aliphatic carboxylic acids is 1. The molecule has 1 atom stereocenters. The van der Waals surface area contributed by atoms with Crippen molar-refractivity contribution in [1.82, 2.24) is 4.90 Å². The van der Waals surface area contributed by atoms with Gasteiger partial charge in [0, 0.05) is 6.54 Å². The quantitative estimate of drug-likeness (QED) is 0.543. The van der Waals surface area contributed by atoms with Crippen molar-refractivity contribution in [3.63, 3.8) is 0 Å². The van der Waals surface area contributed by atoms with Gasteiger partial charge >= 0.3 is 12.1 Å². The van der Waals surface area contributed by atoms with Crippen molar-refractivity contribution in [3.8, 4) is 0 Å². The van der Waals surface area contributed by atoms with Crippen molar-refractivity contribution < 1.29 is 32.6 Å². The zero-order chi connectivity index (χ0) is 19.0. The Morgan fingerprint density at radius 3 is 2.40 bits per heavy atom. The van der Waals surface area contributed by atoms with Gasteiger partial charge in [0.1, 0.15) is 12.6 Å². The number of alkyl halides is 3. The van der Waals surface area contributed by atoms with Crippen LogP contribution in [0.1, 0.15) is 24.5 Å². The van der Waals surface area contributed by atoms with Gasteiger partial charge in [-0.3, -0.25) is 9.59 Å². The molecule has 0 saturated heterocycles. The van der Waals surface area contributed by atoms with E-state index in [1.807, 2.05) is 0 Å². The minimum absolute atomic E-state index is 0.127. The Balaban J connectivity index is 2.83. The van der Waals surface area contributed by atoms with Crippen molar-refractivity contribution in [2.45, 2.75) is 32.2 Å². The van der Waals surface area contributed by atoms with E-state index in [1.54, 1.807) is 6.08 Å². The highest BCUT2D eigenvalue weighted by Crippen LogP contribution is 2.29. The Hall–Kier alpha value is -2.35. The first-order valence-corrected chi connectivity index (χ1v) is 7.54. The summed E-state index contributed by atoms with van der Waals surface area (Å²) in [4.78, 5) is 24.3. The van der Waals surface area contributed by atoms with E-state index in [1.165, 1.54) is 19.1 Å². The number of halogens is 3. The van der Waals surface area contributed by atoms with Gasteiger partial charge in [-0.05, 0) is 31.0 Å². The van der Waals surface area contributed by atoms with E-state index in [9.17, 15) is 22.8 Å². The Labute approximate surface area is 143 Å². The molecule has 0 spiro atoms. The molecule has 0 aliphatic rings. The second-order valence-electron chi connectivity index (χ2n) is 5.37. The van der Waals surface area contributed by atoms with Crippen LogP contribution in [0.4, 0.5) is 13.2 Å². The highest BCUT2D eigenvalue weighted by atomic mass is 19.4. The summed E-state index contributed by atoms with van der Waals surface area (Å²) in [6.07, 6.45) is -3.17. The first-order chi connectivity index (χ1) is 11.6. The van der Waals surface area contributed by atoms with Crippen molar-refractivity contribution in [3.05, 3.63) is 48.0 Å². The van der Waals surface area contributed by atoms with E-state index in [-0.39, 0.29) is 13.2 Å². The molecule has 0 aliphatic heterocycles. The van der Waals surface area contributed by atoms with Crippen molar-refractivity contribution in [2.75, 3.05) is 13.2 Å². The van der Waals surface area contributed by atoms with Gasteiger partial charge in [-0.1, -0.05) is 18.2 Å². The van der Waals surface area contributed by atoms with Gasteiger partial charge in [-0.2, -0.15) is 13.2 Å². The Bertz CT molecular complexity index is 599. The monoisotopic (exact) mass is 359 g/mol. The van der Waals surface area contributed by atoms with Crippen LogP contribution in [0, 0.1) is 0 Å². The molecule has 1 unspecified atom stereocenters. The Morgan fingerprint density at radius 1 is 1.32 bits per heavy atom. The van der Waals surface area contributed by atoms with E-state index in [2.05, 4.69) is 6.58 Å². The van der Waals surface area contributed by atoms with Crippen molar-refractivity contribution in [1.29, 1.82) is 0 Å². The van der Waals surface area contributed by atoms with Crippen LogP contribution in [-0.2, 0) is 27.0 Å². The zero-order valence-corrected chi connectivity index (χ0v) is 13.8. The molecular formula is C17H20F3NO4. The minimum Gasteiger partial charge on any atom is -0.480 e. The summed E-state index contributed by atoms with van der Waals surface area (Å²) >= 11 is 0. The molecule has 0 aliphatic carbocycles. The normalized spacial score (nSPS) is 12.5. The third-order valence-corrected chi connectivity index (χ3v) is 3.33. The third-order valence-electron chi connectivity index (χ3n) is 3.33. The van der Waals surface area contributed by atoms with Crippen LogP contribution in [0.3, 0.4) is 0 Å². The summed E-state index contributed by atoms with van der Waals surface area (Å²) in [6.45, 7) is 4.58. The summed E-state index contributed by atoms with van der Waals surface area (Å²) in [5.74, 6) is -1.77.